The van der Waals surface area contributed by atoms with Crippen molar-refractivity contribution in [1.82, 2.24) is 15.4 Å². The molecule has 3 aromatic rings. The van der Waals surface area contributed by atoms with Crippen molar-refractivity contribution in [3.05, 3.63) is 64.8 Å². The minimum absolute atomic E-state index is 0.109. The lowest BCUT2D eigenvalue weighted by atomic mass is 9.95. The van der Waals surface area contributed by atoms with Crippen LogP contribution in [0.1, 0.15) is 51.7 Å². The summed E-state index contributed by atoms with van der Waals surface area (Å²) >= 11 is -1.12. The molecule has 1 atom stereocenters. The van der Waals surface area contributed by atoms with Crippen LogP contribution < -0.4 is 0 Å². The first kappa shape index (κ1) is 16.1. The fraction of sp³-hybridized carbons (Fsp3) is 0.278. The van der Waals surface area contributed by atoms with Crippen LogP contribution in [-0.2, 0) is 17.6 Å². The number of hydrogen-bond acceptors (Lipinski definition) is 5. The second kappa shape index (κ2) is 6.50. The standard InChI is InChI=1S/C18H17N3O3S/c1-25(23)14-4-5-15(12(9-14)8-13-6-7-19-21-13)17(22)16-10-20-24-18(16)11-2-3-11/h4-7,9-11H,2-3,8H2,1H3,(H,19,21). The maximum absolute atomic E-state index is 13.1. The molecule has 7 heteroatoms. The van der Waals surface area contributed by atoms with Gasteiger partial charge in [-0.2, -0.15) is 5.10 Å². The third-order valence-corrected chi connectivity index (χ3v) is 5.29. The highest BCUT2D eigenvalue weighted by Crippen LogP contribution is 2.42. The molecule has 1 fully saturated rings. The molecule has 1 aliphatic carbocycles. The molecule has 0 amide bonds. The molecule has 1 unspecified atom stereocenters. The average molecular weight is 355 g/mol. The van der Waals surface area contributed by atoms with E-state index in [1.54, 1.807) is 24.6 Å². The largest absolute Gasteiger partial charge is 0.612 e. The first-order valence-electron chi connectivity index (χ1n) is 8.07. The van der Waals surface area contributed by atoms with Gasteiger partial charge < -0.3 is 9.08 Å². The molecule has 2 heterocycles. The minimum Gasteiger partial charge on any atom is -0.612 e. The topological polar surface area (TPSA) is 94.8 Å². The summed E-state index contributed by atoms with van der Waals surface area (Å²) in [7, 11) is 0. The summed E-state index contributed by atoms with van der Waals surface area (Å²) in [5, 5.41) is 10.8. The molecule has 0 spiro atoms. The van der Waals surface area contributed by atoms with Gasteiger partial charge in [0, 0.05) is 24.1 Å². The number of nitrogens with one attached hydrogen (secondary N) is 1. The number of benzene rings is 1. The molecule has 128 valence electrons. The first-order chi connectivity index (χ1) is 12.1. The van der Waals surface area contributed by atoms with Gasteiger partial charge in [0.1, 0.15) is 6.26 Å². The molecule has 2 aromatic heterocycles. The van der Waals surface area contributed by atoms with Crippen LogP contribution in [0.15, 0.2) is 46.1 Å². The number of nitrogens with zero attached hydrogens (tertiary/aromatic N) is 2. The zero-order valence-electron chi connectivity index (χ0n) is 13.7. The Labute approximate surface area is 147 Å². The Morgan fingerprint density at radius 1 is 1.36 bits per heavy atom. The lowest BCUT2D eigenvalue weighted by Crippen LogP contribution is -2.09. The van der Waals surface area contributed by atoms with E-state index in [9.17, 15) is 9.35 Å². The van der Waals surface area contributed by atoms with Gasteiger partial charge in [-0.05, 0) is 53.8 Å². The van der Waals surface area contributed by atoms with E-state index in [-0.39, 0.29) is 5.78 Å². The number of carbonyl (C=O) groups is 1. The number of carbonyl (C=O) groups excluding carboxylic acids is 1. The highest BCUT2D eigenvalue weighted by molar-refractivity contribution is 7.90. The van der Waals surface area contributed by atoms with E-state index in [2.05, 4.69) is 15.4 Å². The number of aromatic nitrogens is 3. The van der Waals surface area contributed by atoms with E-state index in [0.29, 0.717) is 34.1 Å². The molecule has 1 aliphatic rings. The van der Waals surface area contributed by atoms with Crippen LogP contribution in [-0.4, -0.2) is 31.9 Å². The van der Waals surface area contributed by atoms with Crippen LogP contribution in [0.4, 0.5) is 0 Å². The van der Waals surface area contributed by atoms with Crippen LogP contribution in [0, 0.1) is 0 Å². The van der Waals surface area contributed by atoms with Crippen molar-refractivity contribution < 1.29 is 13.9 Å². The summed E-state index contributed by atoms with van der Waals surface area (Å²) in [5.41, 5.74) is 2.71. The molecule has 6 nitrogen and oxygen atoms in total. The van der Waals surface area contributed by atoms with Gasteiger partial charge in [-0.3, -0.25) is 9.89 Å². The Bertz CT molecular complexity index is 898. The Hall–Kier alpha value is -2.38. The summed E-state index contributed by atoms with van der Waals surface area (Å²) in [5.74, 6) is 0.875. The van der Waals surface area contributed by atoms with Gasteiger partial charge >= 0.3 is 0 Å². The zero-order chi connectivity index (χ0) is 17.4. The van der Waals surface area contributed by atoms with Crippen molar-refractivity contribution in [3.8, 4) is 0 Å². The van der Waals surface area contributed by atoms with Crippen molar-refractivity contribution in [2.75, 3.05) is 6.26 Å². The maximum Gasteiger partial charge on any atom is 0.198 e. The minimum atomic E-state index is -1.12. The van der Waals surface area contributed by atoms with E-state index in [0.717, 1.165) is 24.1 Å². The fourth-order valence-electron chi connectivity index (χ4n) is 2.91. The van der Waals surface area contributed by atoms with Crippen LogP contribution >= 0.6 is 0 Å². The van der Waals surface area contributed by atoms with Gasteiger partial charge in [0.05, 0.1) is 17.5 Å². The second-order valence-corrected chi connectivity index (χ2v) is 7.60. The molecule has 0 saturated heterocycles. The van der Waals surface area contributed by atoms with Gasteiger partial charge in [0.15, 0.2) is 16.4 Å². The molecule has 1 N–H and O–H groups in total. The molecule has 0 bridgehead atoms. The fourth-order valence-corrected chi connectivity index (χ4v) is 3.47. The second-order valence-electron chi connectivity index (χ2n) is 6.22. The Kier molecular flexibility index (Phi) is 4.19. The van der Waals surface area contributed by atoms with E-state index in [4.69, 9.17) is 4.52 Å². The van der Waals surface area contributed by atoms with Gasteiger partial charge in [-0.25, -0.2) is 0 Å². The normalized spacial score (nSPS) is 15.3. The third kappa shape index (κ3) is 3.25. The van der Waals surface area contributed by atoms with Gasteiger partial charge in [-0.1, -0.05) is 5.16 Å². The number of ketones is 1. The molecule has 4 rings (SSSR count). The van der Waals surface area contributed by atoms with E-state index in [1.807, 2.05) is 12.1 Å². The predicted molar refractivity (Wildman–Crippen MR) is 92.1 cm³/mol. The Balaban J connectivity index is 1.74. The molecule has 1 saturated carbocycles. The lowest BCUT2D eigenvalue weighted by Gasteiger charge is -2.11. The zero-order valence-corrected chi connectivity index (χ0v) is 14.5. The number of hydrogen-bond donors (Lipinski definition) is 1. The van der Waals surface area contributed by atoms with E-state index >= 15 is 0 Å². The van der Waals surface area contributed by atoms with Crippen LogP contribution in [0.25, 0.3) is 0 Å². The molecular formula is C18H17N3O3S. The summed E-state index contributed by atoms with van der Waals surface area (Å²) in [4.78, 5) is 13.8. The summed E-state index contributed by atoms with van der Waals surface area (Å²) in [6, 6.07) is 7.16. The molecule has 0 aliphatic heterocycles. The van der Waals surface area contributed by atoms with Crippen LogP contribution in [0.5, 0.6) is 0 Å². The van der Waals surface area contributed by atoms with E-state index < -0.39 is 11.2 Å². The van der Waals surface area contributed by atoms with Gasteiger partial charge in [0.2, 0.25) is 0 Å². The Morgan fingerprint density at radius 2 is 2.20 bits per heavy atom. The average Bonchev–Trinajstić information content (AvgIpc) is 3.10. The van der Waals surface area contributed by atoms with Crippen LogP contribution in [0.3, 0.4) is 0 Å². The van der Waals surface area contributed by atoms with Crippen molar-refractivity contribution in [2.24, 2.45) is 0 Å². The van der Waals surface area contributed by atoms with Crippen molar-refractivity contribution in [3.63, 3.8) is 0 Å². The number of aromatic amines is 1. The molecule has 1 aromatic carbocycles. The molecule has 25 heavy (non-hydrogen) atoms. The lowest BCUT2D eigenvalue weighted by molar-refractivity contribution is 0.103. The smallest absolute Gasteiger partial charge is 0.198 e. The van der Waals surface area contributed by atoms with Gasteiger partial charge in [-0.15, -0.1) is 0 Å². The SMILES string of the molecule is C[S+]([O-])c1ccc(C(=O)c2cnoc2C2CC2)c(Cc2cc[nH]n2)c1. The monoisotopic (exact) mass is 355 g/mol. The van der Waals surface area contributed by atoms with Crippen molar-refractivity contribution >= 4 is 17.0 Å². The Morgan fingerprint density at radius 3 is 2.88 bits per heavy atom. The summed E-state index contributed by atoms with van der Waals surface area (Å²) in [6.45, 7) is 0. The summed E-state index contributed by atoms with van der Waals surface area (Å²) in [6.07, 6.45) is 7.41. The predicted octanol–water partition coefficient (Wildman–Crippen LogP) is 2.83. The molecular weight excluding hydrogens is 338 g/mol. The van der Waals surface area contributed by atoms with Crippen LogP contribution in [0.2, 0.25) is 0 Å². The third-order valence-electron chi connectivity index (χ3n) is 4.37. The number of rotatable bonds is 6. The number of H-pyrrole nitrogens is 1. The summed E-state index contributed by atoms with van der Waals surface area (Å²) < 4.78 is 17.1. The van der Waals surface area contributed by atoms with E-state index in [1.165, 1.54) is 6.20 Å². The van der Waals surface area contributed by atoms with Crippen molar-refractivity contribution in [1.29, 1.82) is 0 Å². The van der Waals surface area contributed by atoms with Gasteiger partial charge in [0.25, 0.3) is 0 Å². The quantitative estimate of drug-likeness (QED) is 0.542. The van der Waals surface area contributed by atoms with Crippen molar-refractivity contribution in [2.45, 2.75) is 30.1 Å². The first-order valence-corrected chi connectivity index (χ1v) is 9.63. The highest BCUT2D eigenvalue weighted by Gasteiger charge is 2.33. The molecule has 0 radical (unpaired) electrons. The maximum atomic E-state index is 13.1. The highest BCUT2D eigenvalue weighted by atomic mass is 32.2.